The van der Waals surface area contributed by atoms with Gasteiger partial charge in [0.1, 0.15) is 0 Å². The predicted octanol–water partition coefficient (Wildman–Crippen LogP) is 0.786. The van der Waals surface area contributed by atoms with E-state index >= 15 is 0 Å². The normalized spacial score (nSPS) is 24.9. The summed E-state index contributed by atoms with van der Waals surface area (Å²) in [5.74, 6) is -0.619. The van der Waals surface area contributed by atoms with Crippen LogP contribution in [-0.4, -0.2) is 78.6 Å². The van der Waals surface area contributed by atoms with Gasteiger partial charge in [-0.25, -0.2) is 4.79 Å². The summed E-state index contributed by atoms with van der Waals surface area (Å²) in [6, 6.07) is -0.0207. The van der Waals surface area contributed by atoms with Crippen LogP contribution in [0.4, 0.5) is 4.79 Å². The van der Waals surface area contributed by atoms with Crippen LogP contribution in [0.3, 0.4) is 0 Å². The van der Waals surface area contributed by atoms with Gasteiger partial charge in [0, 0.05) is 26.7 Å². The number of carboxylic acids is 1. The van der Waals surface area contributed by atoms with Crippen molar-refractivity contribution in [3.05, 3.63) is 0 Å². The lowest BCUT2D eigenvalue weighted by Crippen LogP contribution is -2.44. The molecule has 1 atom stereocenters. The van der Waals surface area contributed by atoms with Crippen molar-refractivity contribution in [3.8, 4) is 0 Å². The molecule has 2 saturated heterocycles. The van der Waals surface area contributed by atoms with E-state index in [4.69, 9.17) is 5.11 Å². The van der Waals surface area contributed by atoms with Crippen LogP contribution in [0, 0.1) is 11.8 Å². The van der Waals surface area contributed by atoms with Gasteiger partial charge in [-0.15, -0.1) is 0 Å². The zero-order valence-electron chi connectivity index (χ0n) is 12.4. The molecule has 6 heteroatoms. The van der Waals surface area contributed by atoms with Crippen molar-refractivity contribution < 1.29 is 14.7 Å². The SMILES string of the molecule is CN1CCC(CN(C)C(=O)N2CCC(C(=O)O)C2)CC1. The van der Waals surface area contributed by atoms with Crippen molar-refractivity contribution in [2.75, 3.05) is 46.8 Å². The number of carbonyl (C=O) groups is 2. The van der Waals surface area contributed by atoms with Crippen molar-refractivity contribution >= 4 is 12.0 Å². The number of aliphatic carboxylic acids is 1. The molecule has 0 spiro atoms. The minimum atomic E-state index is -0.793. The number of carbonyl (C=O) groups excluding carboxylic acids is 1. The zero-order chi connectivity index (χ0) is 14.7. The maximum atomic E-state index is 12.3. The van der Waals surface area contributed by atoms with Crippen LogP contribution in [0.25, 0.3) is 0 Å². The fourth-order valence-electron chi connectivity index (χ4n) is 3.09. The highest BCUT2D eigenvalue weighted by molar-refractivity contribution is 5.77. The van der Waals surface area contributed by atoms with E-state index in [1.54, 1.807) is 9.80 Å². The third kappa shape index (κ3) is 3.62. The monoisotopic (exact) mass is 283 g/mol. The van der Waals surface area contributed by atoms with Gasteiger partial charge >= 0.3 is 12.0 Å². The number of likely N-dealkylation sites (tertiary alicyclic amines) is 2. The zero-order valence-corrected chi connectivity index (χ0v) is 12.4. The number of piperidine rings is 1. The molecule has 1 N–H and O–H groups in total. The summed E-state index contributed by atoms with van der Waals surface area (Å²) in [7, 11) is 3.95. The first-order valence-corrected chi connectivity index (χ1v) is 7.38. The molecule has 2 fully saturated rings. The van der Waals surface area contributed by atoms with E-state index in [9.17, 15) is 9.59 Å². The molecule has 20 heavy (non-hydrogen) atoms. The van der Waals surface area contributed by atoms with Crippen LogP contribution in [0.15, 0.2) is 0 Å². The molecule has 0 aromatic carbocycles. The van der Waals surface area contributed by atoms with E-state index in [-0.39, 0.29) is 6.03 Å². The molecule has 6 nitrogen and oxygen atoms in total. The molecule has 0 saturated carbocycles. The first-order chi connectivity index (χ1) is 9.47. The summed E-state index contributed by atoms with van der Waals surface area (Å²) in [6.45, 7) is 3.88. The van der Waals surface area contributed by atoms with E-state index in [1.165, 1.54) is 0 Å². The molecule has 0 aromatic heterocycles. The van der Waals surface area contributed by atoms with Gasteiger partial charge in [-0.2, -0.15) is 0 Å². The third-order valence-electron chi connectivity index (χ3n) is 4.50. The lowest BCUT2D eigenvalue weighted by molar-refractivity contribution is -0.141. The highest BCUT2D eigenvalue weighted by Gasteiger charge is 2.32. The molecule has 0 radical (unpaired) electrons. The quantitative estimate of drug-likeness (QED) is 0.831. The number of nitrogens with zero attached hydrogens (tertiary/aromatic N) is 3. The molecule has 114 valence electrons. The highest BCUT2D eigenvalue weighted by atomic mass is 16.4. The van der Waals surface area contributed by atoms with Gasteiger partial charge in [-0.3, -0.25) is 4.79 Å². The average Bonchev–Trinajstić information content (AvgIpc) is 2.90. The number of rotatable bonds is 3. The smallest absolute Gasteiger partial charge is 0.319 e. The van der Waals surface area contributed by atoms with Crippen LogP contribution >= 0.6 is 0 Å². The number of amides is 2. The molecule has 0 aromatic rings. The van der Waals surface area contributed by atoms with Crippen molar-refractivity contribution in [3.63, 3.8) is 0 Å². The Morgan fingerprint density at radius 1 is 1.20 bits per heavy atom. The summed E-state index contributed by atoms with van der Waals surface area (Å²) in [4.78, 5) is 29.0. The first-order valence-electron chi connectivity index (χ1n) is 7.38. The maximum absolute atomic E-state index is 12.3. The Hall–Kier alpha value is -1.30. The van der Waals surface area contributed by atoms with Gasteiger partial charge < -0.3 is 19.8 Å². The van der Waals surface area contributed by atoms with Gasteiger partial charge in [-0.05, 0) is 45.3 Å². The number of hydrogen-bond donors (Lipinski definition) is 1. The van der Waals surface area contributed by atoms with Crippen LogP contribution in [0.2, 0.25) is 0 Å². The van der Waals surface area contributed by atoms with Crippen LogP contribution in [-0.2, 0) is 4.79 Å². The molecule has 2 heterocycles. The van der Waals surface area contributed by atoms with Crippen LogP contribution < -0.4 is 0 Å². The second-order valence-electron chi connectivity index (χ2n) is 6.18. The van der Waals surface area contributed by atoms with Crippen molar-refractivity contribution in [1.82, 2.24) is 14.7 Å². The lowest BCUT2D eigenvalue weighted by atomic mass is 9.97. The van der Waals surface area contributed by atoms with Crippen molar-refractivity contribution in [1.29, 1.82) is 0 Å². The molecule has 2 aliphatic rings. The number of carboxylic acid groups (broad SMARTS) is 1. The molecule has 1 unspecified atom stereocenters. The minimum Gasteiger partial charge on any atom is -0.481 e. The second-order valence-corrected chi connectivity index (χ2v) is 6.18. The fourth-order valence-corrected chi connectivity index (χ4v) is 3.09. The molecular weight excluding hydrogens is 258 g/mol. The number of urea groups is 1. The summed E-state index contributed by atoms with van der Waals surface area (Å²) in [6.07, 6.45) is 2.83. The van der Waals surface area contributed by atoms with E-state index in [2.05, 4.69) is 11.9 Å². The minimum absolute atomic E-state index is 0.0207. The van der Waals surface area contributed by atoms with Gasteiger partial charge in [-0.1, -0.05) is 0 Å². The first kappa shape index (κ1) is 15.1. The summed E-state index contributed by atoms with van der Waals surface area (Å²) in [5, 5.41) is 8.98. The van der Waals surface area contributed by atoms with E-state index in [0.29, 0.717) is 25.4 Å². The summed E-state index contributed by atoms with van der Waals surface area (Å²) >= 11 is 0. The van der Waals surface area contributed by atoms with E-state index in [1.807, 2.05) is 7.05 Å². The molecule has 0 aliphatic carbocycles. The van der Waals surface area contributed by atoms with Gasteiger partial charge in [0.05, 0.1) is 5.92 Å². The Kier molecular flexibility index (Phi) is 4.86. The third-order valence-corrected chi connectivity index (χ3v) is 4.50. The summed E-state index contributed by atoms with van der Waals surface area (Å²) in [5.41, 5.74) is 0. The maximum Gasteiger partial charge on any atom is 0.319 e. The predicted molar refractivity (Wildman–Crippen MR) is 75.6 cm³/mol. The van der Waals surface area contributed by atoms with Gasteiger partial charge in [0.15, 0.2) is 0 Å². The fraction of sp³-hybridized carbons (Fsp3) is 0.857. The molecule has 2 amide bonds. The van der Waals surface area contributed by atoms with E-state index in [0.717, 1.165) is 32.5 Å². The van der Waals surface area contributed by atoms with Gasteiger partial charge in [0.2, 0.25) is 0 Å². The second kappa shape index (κ2) is 6.43. The highest BCUT2D eigenvalue weighted by Crippen LogP contribution is 2.20. The summed E-state index contributed by atoms with van der Waals surface area (Å²) < 4.78 is 0. The molecular formula is C14H25N3O3. The van der Waals surface area contributed by atoms with Crippen LogP contribution in [0.1, 0.15) is 19.3 Å². The van der Waals surface area contributed by atoms with Crippen LogP contribution in [0.5, 0.6) is 0 Å². The molecule has 2 aliphatic heterocycles. The van der Waals surface area contributed by atoms with Crippen molar-refractivity contribution in [2.24, 2.45) is 11.8 Å². The topological polar surface area (TPSA) is 64.1 Å². The Morgan fingerprint density at radius 3 is 2.40 bits per heavy atom. The Labute approximate surface area is 120 Å². The van der Waals surface area contributed by atoms with Crippen molar-refractivity contribution in [2.45, 2.75) is 19.3 Å². The Bertz CT molecular complexity index is 367. The Balaban J connectivity index is 1.79. The average molecular weight is 283 g/mol. The van der Waals surface area contributed by atoms with E-state index < -0.39 is 11.9 Å². The number of hydrogen-bond acceptors (Lipinski definition) is 3. The Morgan fingerprint density at radius 2 is 1.85 bits per heavy atom. The lowest BCUT2D eigenvalue weighted by Gasteiger charge is -2.33. The van der Waals surface area contributed by atoms with Gasteiger partial charge in [0.25, 0.3) is 0 Å². The molecule has 0 bridgehead atoms. The molecule has 2 rings (SSSR count). The largest absolute Gasteiger partial charge is 0.481 e. The standard InChI is InChI=1S/C14H25N3O3/c1-15-6-3-11(4-7-15)9-16(2)14(20)17-8-5-12(10-17)13(18)19/h11-12H,3-10H2,1-2H3,(H,18,19).